The summed E-state index contributed by atoms with van der Waals surface area (Å²) in [5, 5.41) is 10.6. The van der Waals surface area contributed by atoms with Crippen molar-refractivity contribution in [3.8, 4) is 0 Å². The molecule has 64 valence electrons. The van der Waals surface area contributed by atoms with Gasteiger partial charge in [-0.25, -0.2) is 10.3 Å². The van der Waals surface area contributed by atoms with E-state index in [0.29, 0.717) is 5.69 Å². The number of benzene rings is 1. The van der Waals surface area contributed by atoms with E-state index < -0.39 is 6.03 Å². The summed E-state index contributed by atoms with van der Waals surface area (Å²) in [6, 6.07) is 6.56. The summed E-state index contributed by atoms with van der Waals surface area (Å²) in [7, 11) is 0. The van der Waals surface area contributed by atoms with Crippen LogP contribution in [0.1, 0.15) is 0 Å². The van der Waals surface area contributed by atoms with Gasteiger partial charge in [0.1, 0.15) is 0 Å². The summed E-state index contributed by atoms with van der Waals surface area (Å²) in [5.41, 5.74) is 2.12. The molecule has 12 heavy (non-hydrogen) atoms. The summed E-state index contributed by atoms with van der Waals surface area (Å²) >= 11 is 2.16. The minimum absolute atomic E-state index is 0.641. The maximum atomic E-state index is 10.6. The first-order valence-electron chi connectivity index (χ1n) is 3.19. The van der Waals surface area contributed by atoms with Gasteiger partial charge >= 0.3 is 6.03 Å². The second-order valence-electron chi connectivity index (χ2n) is 2.07. The number of carbonyl (C=O) groups is 1. The average Bonchev–Trinajstić information content (AvgIpc) is 2.09. The number of rotatable bonds is 1. The molecule has 0 radical (unpaired) electrons. The highest BCUT2D eigenvalue weighted by Crippen LogP contribution is 2.10. The standard InChI is InChI=1S/C7H7IN2O2/c8-5-1-3-6(4-2-5)9-7(11)10-12/h1-4,12H,(H2,9,10,11). The van der Waals surface area contributed by atoms with E-state index in [1.165, 1.54) is 5.48 Å². The molecule has 0 spiro atoms. The van der Waals surface area contributed by atoms with Crippen LogP contribution in [0.15, 0.2) is 24.3 Å². The Morgan fingerprint density at radius 3 is 2.42 bits per heavy atom. The van der Waals surface area contributed by atoms with Gasteiger partial charge in [-0.2, -0.15) is 0 Å². The molecule has 1 aromatic rings. The van der Waals surface area contributed by atoms with E-state index in [1.807, 2.05) is 12.1 Å². The fourth-order valence-electron chi connectivity index (χ4n) is 0.692. The van der Waals surface area contributed by atoms with E-state index in [4.69, 9.17) is 5.21 Å². The van der Waals surface area contributed by atoms with Crippen LogP contribution in [0.4, 0.5) is 10.5 Å². The number of hydrogen-bond acceptors (Lipinski definition) is 2. The molecular weight excluding hydrogens is 271 g/mol. The van der Waals surface area contributed by atoms with E-state index in [2.05, 4.69) is 27.9 Å². The van der Waals surface area contributed by atoms with Crippen molar-refractivity contribution in [2.45, 2.75) is 0 Å². The number of carbonyl (C=O) groups excluding carboxylic acids is 1. The number of hydrogen-bond donors (Lipinski definition) is 3. The first-order valence-corrected chi connectivity index (χ1v) is 4.27. The summed E-state index contributed by atoms with van der Waals surface area (Å²) in [6.07, 6.45) is 0. The Labute approximate surface area is 83.1 Å². The molecule has 2 amide bonds. The lowest BCUT2D eigenvalue weighted by molar-refractivity contribution is 0.172. The van der Waals surface area contributed by atoms with E-state index in [9.17, 15) is 4.79 Å². The maximum absolute atomic E-state index is 10.6. The third-order valence-electron chi connectivity index (χ3n) is 1.20. The third-order valence-corrected chi connectivity index (χ3v) is 1.92. The number of urea groups is 1. The van der Waals surface area contributed by atoms with Gasteiger partial charge in [0.15, 0.2) is 0 Å². The van der Waals surface area contributed by atoms with Crippen LogP contribution in [0, 0.1) is 3.57 Å². The Morgan fingerprint density at radius 1 is 1.33 bits per heavy atom. The molecule has 0 saturated heterocycles. The minimum atomic E-state index is -0.642. The van der Waals surface area contributed by atoms with Gasteiger partial charge in [-0.3, -0.25) is 5.21 Å². The van der Waals surface area contributed by atoms with Crippen LogP contribution >= 0.6 is 22.6 Å². The molecule has 0 aliphatic carbocycles. The summed E-state index contributed by atoms with van der Waals surface area (Å²) in [4.78, 5) is 10.6. The number of halogens is 1. The largest absolute Gasteiger partial charge is 0.342 e. The Kier molecular flexibility index (Phi) is 3.30. The Hall–Kier alpha value is -0.820. The molecule has 1 aromatic carbocycles. The molecule has 5 heteroatoms. The molecule has 3 N–H and O–H groups in total. The monoisotopic (exact) mass is 278 g/mol. The molecule has 0 bridgehead atoms. The second-order valence-corrected chi connectivity index (χ2v) is 3.32. The van der Waals surface area contributed by atoms with Crippen LogP contribution < -0.4 is 10.8 Å². The van der Waals surface area contributed by atoms with Crippen LogP contribution in [0.3, 0.4) is 0 Å². The highest BCUT2D eigenvalue weighted by atomic mass is 127. The normalized spacial score (nSPS) is 9.17. The van der Waals surface area contributed by atoms with Crippen molar-refractivity contribution < 1.29 is 10.0 Å². The number of nitrogens with one attached hydrogen (secondary N) is 2. The molecule has 0 unspecified atom stereocenters. The van der Waals surface area contributed by atoms with Crippen LogP contribution in [-0.2, 0) is 0 Å². The van der Waals surface area contributed by atoms with Gasteiger partial charge in [-0.15, -0.1) is 0 Å². The van der Waals surface area contributed by atoms with E-state index in [1.54, 1.807) is 12.1 Å². The molecule has 0 atom stereocenters. The second kappa shape index (κ2) is 4.27. The van der Waals surface area contributed by atoms with E-state index in [-0.39, 0.29) is 0 Å². The SMILES string of the molecule is O=C(NO)Nc1ccc(I)cc1. The highest BCUT2D eigenvalue weighted by molar-refractivity contribution is 14.1. The van der Waals surface area contributed by atoms with Crippen molar-refractivity contribution in [3.05, 3.63) is 27.8 Å². The van der Waals surface area contributed by atoms with Crippen molar-refractivity contribution in [2.24, 2.45) is 0 Å². The Morgan fingerprint density at radius 2 is 1.92 bits per heavy atom. The van der Waals surface area contributed by atoms with Gasteiger partial charge in [0, 0.05) is 9.26 Å². The van der Waals surface area contributed by atoms with Gasteiger partial charge in [-0.05, 0) is 46.9 Å². The molecule has 0 saturated carbocycles. The van der Waals surface area contributed by atoms with Gasteiger partial charge in [0.2, 0.25) is 0 Å². The van der Waals surface area contributed by atoms with Crippen molar-refractivity contribution >= 4 is 34.3 Å². The molecule has 0 heterocycles. The van der Waals surface area contributed by atoms with Crippen LogP contribution in [0.2, 0.25) is 0 Å². The quantitative estimate of drug-likeness (QED) is 0.417. The van der Waals surface area contributed by atoms with Gasteiger partial charge < -0.3 is 5.32 Å². The molecular formula is C7H7IN2O2. The van der Waals surface area contributed by atoms with E-state index >= 15 is 0 Å². The fourth-order valence-corrected chi connectivity index (χ4v) is 1.05. The topological polar surface area (TPSA) is 61.4 Å². The molecule has 0 aliphatic heterocycles. The number of hydroxylamine groups is 1. The molecule has 0 fully saturated rings. The van der Waals surface area contributed by atoms with Crippen LogP contribution in [0.25, 0.3) is 0 Å². The lowest BCUT2D eigenvalue weighted by atomic mass is 10.3. The zero-order valence-electron chi connectivity index (χ0n) is 6.04. The van der Waals surface area contributed by atoms with Gasteiger partial charge in [0.25, 0.3) is 0 Å². The number of anilines is 1. The zero-order chi connectivity index (χ0) is 8.97. The van der Waals surface area contributed by atoms with Crippen molar-refractivity contribution in [3.63, 3.8) is 0 Å². The molecule has 0 aliphatic rings. The van der Waals surface area contributed by atoms with Crippen molar-refractivity contribution in [1.82, 2.24) is 5.48 Å². The minimum Gasteiger partial charge on any atom is -0.306 e. The lowest BCUT2D eigenvalue weighted by Crippen LogP contribution is -2.24. The Balaban J connectivity index is 2.64. The summed E-state index contributed by atoms with van der Waals surface area (Å²) in [5.74, 6) is 0. The van der Waals surface area contributed by atoms with Gasteiger partial charge in [0.05, 0.1) is 0 Å². The molecule has 1 rings (SSSR count). The van der Waals surface area contributed by atoms with E-state index in [0.717, 1.165) is 3.57 Å². The van der Waals surface area contributed by atoms with Crippen molar-refractivity contribution in [2.75, 3.05) is 5.32 Å². The predicted octanol–water partition coefficient (Wildman–Crippen LogP) is 1.80. The first kappa shape index (κ1) is 9.27. The number of amides is 2. The lowest BCUT2D eigenvalue weighted by Gasteiger charge is -2.02. The van der Waals surface area contributed by atoms with Gasteiger partial charge in [-0.1, -0.05) is 0 Å². The molecule has 4 nitrogen and oxygen atoms in total. The Bertz CT molecular complexity index is 273. The van der Waals surface area contributed by atoms with Crippen molar-refractivity contribution in [1.29, 1.82) is 0 Å². The summed E-state index contributed by atoms with van der Waals surface area (Å²) < 4.78 is 1.09. The van der Waals surface area contributed by atoms with Crippen LogP contribution in [-0.4, -0.2) is 11.2 Å². The third kappa shape index (κ3) is 2.67. The highest BCUT2D eigenvalue weighted by Gasteiger charge is 1.97. The first-order chi connectivity index (χ1) is 5.72. The smallest absolute Gasteiger partial charge is 0.306 e. The van der Waals surface area contributed by atoms with Crippen LogP contribution in [0.5, 0.6) is 0 Å². The molecule has 0 aromatic heterocycles. The average molecular weight is 278 g/mol. The fraction of sp³-hybridized carbons (Fsp3) is 0. The predicted molar refractivity (Wildman–Crippen MR) is 53.1 cm³/mol. The maximum Gasteiger partial charge on any atom is 0.342 e. The summed E-state index contributed by atoms with van der Waals surface area (Å²) in [6.45, 7) is 0. The zero-order valence-corrected chi connectivity index (χ0v) is 8.20.